The van der Waals surface area contributed by atoms with Crippen molar-refractivity contribution in [2.24, 2.45) is 5.73 Å². The zero-order valence-corrected chi connectivity index (χ0v) is 8.97. The minimum Gasteiger partial charge on any atom is -0.489 e. The Hall–Kier alpha value is -1.80. The van der Waals surface area contributed by atoms with Gasteiger partial charge in [0.1, 0.15) is 12.4 Å². The average Bonchev–Trinajstić information content (AvgIpc) is 2.38. The monoisotopic (exact) mass is 212 g/mol. The summed E-state index contributed by atoms with van der Waals surface area (Å²) >= 11 is 0. The maximum atomic E-state index is 5.66. The molecule has 0 aliphatic rings. The van der Waals surface area contributed by atoms with Crippen molar-refractivity contribution < 1.29 is 4.74 Å². The molecule has 2 N–H and O–H groups in total. The molecule has 0 atom stereocenters. The molecule has 2 aromatic carbocycles. The van der Waals surface area contributed by atoms with Gasteiger partial charge in [-0.3, -0.25) is 0 Å². The van der Waals surface area contributed by atoms with Gasteiger partial charge in [0.2, 0.25) is 0 Å². The number of benzene rings is 2. The van der Waals surface area contributed by atoms with E-state index in [9.17, 15) is 0 Å². The summed E-state index contributed by atoms with van der Waals surface area (Å²) in [6.45, 7) is 2.14. The molecule has 2 nitrogen and oxygen atoms in total. The van der Waals surface area contributed by atoms with Gasteiger partial charge in [-0.25, -0.2) is 0 Å². The van der Waals surface area contributed by atoms with Gasteiger partial charge in [0.15, 0.2) is 0 Å². The predicted molar refractivity (Wildman–Crippen MR) is 64.8 cm³/mol. The Morgan fingerprint density at radius 1 is 1.00 bits per heavy atom. The molecule has 16 heavy (non-hydrogen) atoms. The van der Waals surface area contributed by atoms with Crippen LogP contribution in [0.3, 0.4) is 0 Å². The zero-order valence-electron chi connectivity index (χ0n) is 8.97. The van der Waals surface area contributed by atoms with Crippen molar-refractivity contribution in [1.82, 2.24) is 0 Å². The van der Waals surface area contributed by atoms with Crippen molar-refractivity contribution >= 4 is 0 Å². The Labute approximate surface area is 95.7 Å². The molecule has 2 rings (SSSR count). The van der Waals surface area contributed by atoms with Crippen molar-refractivity contribution in [1.29, 1.82) is 0 Å². The summed E-state index contributed by atoms with van der Waals surface area (Å²) in [5.74, 6) is 0.836. The van der Waals surface area contributed by atoms with Gasteiger partial charge in [-0.05, 0) is 23.3 Å². The molecular weight excluding hydrogens is 198 g/mol. The smallest absolute Gasteiger partial charge is 0.120 e. The van der Waals surface area contributed by atoms with Crippen LogP contribution >= 0.6 is 0 Å². The van der Waals surface area contributed by atoms with Crippen LogP contribution in [0.25, 0.3) is 0 Å². The lowest BCUT2D eigenvalue weighted by Gasteiger charge is -2.07. The van der Waals surface area contributed by atoms with Crippen molar-refractivity contribution in [2.45, 2.75) is 6.61 Å². The first-order valence-electron chi connectivity index (χ1n) is 5.20. The third-order valence-corrected chi connectivity index (χ3v) is 2.30. The lowest BCUT2D eigenvalue weighted by Crippen LogP contribution is -1.97. The summed E-state index contributed by atoms with van der Waals surface area (Å²) in [5.41, 5.74) is 7.57. The zero-order chi connectivity index (χ0) is 11.2. The first-order chi connectivity index (χ1) is 7.88. The molecule has 0 heterocycles. The molecule has 0 aliphatic carbocycles. The lowest BCUT2D eigenvalue weighted by molar-refractivity contribution is 0.306. The second kappa shape index (κ2) is 5.33. The summed E-state index contributed by atoms with van der Waals surface area (Å²) in [7, 11) is 0. The minimum absolute atomic E-state index is 0.578. The molecule has 0 bridgehead atoms. The molecule has 2 aromatic rings. The van der Waals surface area contributed by atoms with Crippen LogP contribution < -0.4 is 10.5 Å². The van der Waals surface area contributed by atoms with Crippen molar-refractivity contribution in [2.75, 3.05) is 0 Å². The Bertz CT molecular complexity index is 439. The Morgan fingerprint density at radius 3 is 2.56 bits per heavy atom. The first-order valence-corrected chi connectivity index (χ1v) is 5.20. The van der Waals surface area contributed by atoms with Crippen LogP contribution in [0.1, 0.15) is 11.1 Å². The molecule has 0 amide bonds. The minimum atomic E-state index is 0.578. The van der Waals surface area contributed by atoms with Crippen LogP contribution in [0.5, 0.6) is 5.75 Å². The third-order valence-electron chi connectivity index (χ3n) is 2.30. The standard InChI is InChI=1S/C14H14NO/c15-10-13-7-4-8-14(9-13)16-11-12-5-2-1-3-6-12/h1-10H,11,15H2. The van der Waals surface area contributed by atoms with E-state index < -0.39 is 0 Å². The van der Waals surface area contributed by atoms with Gasteiger partial charge >= 0.3 is 0 Å². The molecular formula is C14H14NO. The van der Waals surface area contributed by atoms with Gasteiger partial charge in [0.25, 0.3) is 0 Å². The number of hydrogen-bond acceptors (Lipinski definition) is 2. The van der Waals surface area contributed by atoms with Gasteiger partial charge in [-0.2, -0.15) is 0 Å². The van der Waals surface area contributed by atoms with Gasteiger partial charge in [0, 0.05) is 6.54 Å². The van der Waals surface area contributed by atoms with E-state index in [-0.39, 0.29) is 0 Å². The molecule has 0 unspecified atom stereocenters. The van der Waals surface area contributed by atoms with E-state index in [2.05, 4.69) is 0 Å². The highest BCUT2D eigenvalue weighted by Crippen LogP contribution is 2.15. The predicted octanol–water partition coefficient (Wildman–Crippen LogP) is 2.73. The lowest BCUT2D eigenvalue weighted by atomic mass is 10.2. The highest BCUT2D eigenvalue weighted by molar-refractivity contribution is 5.32. The number of ether oxygens (including phenoxy) is 1. The topological polar surface area (TPSA) is 35.2 Å². The largest absolute Gasteiger partial charge is 0.489 e. The number of rotatable bonds is 4. The van der Waals surface area contributed by atoms with Gasteiger partial charge in [-0.15, -0.1) is 0 Å². The molecule has 81 valence electrons. The first kappa shape index (κ1) is 10.7. The van der Waals surface area contributed by atoms with Gasteiger partial charge < -0.3 is 10.5 Å². The Kier molecular flexibility index (Phi) is 3.57. The van der Waals surface area contributed by atoms with E-state index in [0.717, 1.165) is 16.9 Å². The molecule has 2 heteroatoms. The normalized spacial score (nSPS) is 10.1. The summed E-state index contributed by atoms with van der Waals surface area (Å²) < 4.78 is 5.66. The van der Waals surface area contributed by atoms with Crippen molar-refractivity contribution in [3.63, 3.8) is 0 Å². The maximum Gasteiger partial charge on any atom is 0.120 e. The van der Waals surface area contributed by atoms with Crippen molar-refractivity contribution in [3.05, 3.63) is 72.3 Å². The average molecular weight is 212 g/mol. The van der Waals surface area contributed by atoms with Gasteiger partial charge in [-0.1, -0.05) is 42.5 Å². The highest BCUT2D eigenvalue weighted by atomic mass is 16.5. The molecule has 0 saturated heterocycles. The summed E-state index contributed by atoms with van der Waals surface area (Å²) in [4.78, 5) is 0. The summed E-state index contributed by atoms with van der Waals surface area (Å²) in [6, 6.07) is 17.8. The quantitative estimate of drug-likeness (QED) is 0.845. The van der Waals surface area contributed by atoms with Crippen LogP contribution in [-0.4, -0.2) is 0 Å². The van der Waals surface area contributed by atoms with Crippen LogP contribution in [0.2, 0.25) is 0 Å². The van der Waals surface area contributed by atoms with Crippen LogP contribution in [0.15, 0.2) is 54.6 Å². The second-order valence-corrected chi connectivity index (χ2v) is 3.51. The fraction of sp³-hybridized carbons (Fsp3) is 0.0714. The SMILES string of the molecule is N[CH]c1cccc(OCc2ccccc2)c1. The van der Waals surface area contributed by atoms with Crippen LogP contribution in [0, 0.1) is 6.54 Å². The van der Waals surface area contributed by atoms with E-state index in [0.29, 0.717) is 6.61 Å². The molecule has 0 aliphatic heterocycles. The third kappa shape index (κ3) is 2.84. The Balaban J connectivity index is 1.99. The number of nitrogens with two attached hydrogens (primary N) is 1. The van der Waals surface area contributed by atoms with E-state index in [4.69, 9.17) is 10.5 Å². The number of hydrogen-bond donors (Lipinski definition) is 1. The van der Waals surface area contributed by atoms with Gasteiger partial charge in [0.05, 0.1) is 0 Å². The van der Waals surface area contributed by atoms with E-state index in [1.807, 2.05) is 54.6 Å². The Morgan fingerprint density at radius 2 is 1.81 bits per heavy atom. The highest BCUT2D eigenvalue weighted by Gasteiger charge is 1.96. The van der Waals surface area contributed by atoms with E-state index >= 15 is 0 Å². The molecule has 0 spiro atoms. The van der Waals surface area contributed by atoms with Crippen LogP contribution in [0.4, 0.5) is 0 Å². The molecule has 0 fully saturated rings. The summed E-state index contributed by atoms with van der Waals surface area (Å²) in [5, 5.41) is 0. The fourth-order valence-corrected chi connectivity index (χ4v) is 1.45. The maximum absolute atomic E-state index is 5.66. The molecule has 0 saturated carbocycles. The van der Waals surface area contributed by atoms with Crippen molar-refractivity contribution in [3.8, 4) is 5.75 Å². The van der Waals surface area contributed by atoms with Crippen LogP contribution in [-0.2, 0) is 6.61 Å². The summed E-state index contributed by atoms with van der Waals surface area (Å²) in [6.07, 6.45) is 0. The van der Waals surface area contributed by atoms with E-state index in [1.165, 1.54) is 0 Å². The molecule has 0 aromatic heterocycles. The fourth-order valence-electron chi connectivity index (χ4n) is 1.45. The second-order valence-electron chi connectivity index (χ2n) is 3.51. The van der Waals surface area contributed by atoms with E-state index in [1.54, 1.807) is 6.54 Å². The molecule has 1 radical (unpaired) electrons.